The van der Waals surface area contributed by atoms with E-state index in [9.17, 15) is 4.79 Å². The van der Waals surface area contributed by atoms with Crippen molar-refractivity contribution in [1.82, 2.24) is 0 Å². The molecule has 0 aliphatic heterocycles. The molecule has 0 aliphatic carbocycles. The van der Waals surface area contributed by atoms with Crippen LogP contribution in [0.3, 0.4) is 0 Å². The van der Waals surface area contributed by atoms with E-state index in [0.29, 0.717) is 6.54 Å². The van der Waals surface area contributed by atoms with Crippen molar-refractivity contribution in [2.24, 2.45) is 11.1 Å². The quantitative estimate of drug-likeness (QED) is 0.858. The molecular formula is C14H23N3O. The van der Waals surface area contributed by atoms with Crippen molar-refractivity contribution in [1.29, 1.82) is 0 Å². The van der Waals surface area contributed by atoms with Crippen molar-refractivity contribution in [2.75, 3.05) is 30.9 Å². The highest BCUT2D eigenvalue weighted by Crippen LogP contribution is 2.23. The number of carbonyl (C=O) groups is 1. The summed E-state index contributed by atoms with van der Waals surface area (Å²) in [6, 6.07) is 5.96. The highest BCUT2D eigenvalue weighted by atomic mass is 16.2. The summed E-state index contributed by atoms with van der Waals surface area (Å²) in [7, 11) is 3.98. The number of anilines is 2. The van der Waals surface area contributed by atoms with Crippen LogP contribution in [-0.2, 0) is 4.79 Å². The summed E-state index contributed by atoms with van der Waals surface area (Å²) in [5.41, 5.74) is 8.04. The number of rotatable bonds is 4. The molecule has 100 valence electrons. The molecule has 0 saturated heterocycles. The van der Waals surface area contributed by atoms with Crippen LogP contribution in [0.5, 0.6) is 0 Å². The number of nitrogens with two attached hydrogens (primary N) is 1. The van der Waals surface area contributed by atoms with Crippen LogP contribution in [-0.4, -0.2) is 26.5 Å². The molecule has 0 radical (unpaired) electrons. The fourth-order valence-corrected chi connectivity index (χ4v) is 1.45. The maximum Gasteiger partial charge on any atom is 0.231 e. The molecule has 1 aromatic carbocycles. The van der Waals surface area contributed by atoms with Crippen LogP contribution in [0.4, 0.5) is 11.4 Å². The lowest BCUT2D eigenvalue weighted by molar-refractivity contribution is -0.123. The summed E-state index contributed by atoms with van der Waals surface area (Å²) in [4.78, 5) is 14.1. The fraction of sp³-hybridized carbons (Fsp3) is 0.500. The van der Waals surface area contributed by atoms with E-state index in [1.165, 1.54) is 0 Å². The summed E-state index contributed by atoms with van der Waals surface area (Å²) >= 11 is 0. The highest BCUT2D eigenvalue weighted by molar-refractivity contribution is 5.95. The van der Waals surface area contributed by atoms with E-state index in [-0.39, 0.29) is 5.91 Å². The third kappa shape index (κ3) is 3.23. The Bertz CT molecular complexity index is 439. The minimum atomic E-state index is -0.549. The number of benzene rings is 1. The number of hydrogen-bond donors (Lipinski definition) is 2. The van der Waals surface area contributed by atoms with Gasteiger partial charge in [-0.3, -0.25) is 4.79 Å². The third-order valence-corrected chi connectivity index (χ3v) is 3.10. The van der Waals surface area contributed by atoms with Crippen LogP contribution in [0, 0.1) is 12.3 Å². The van der Waals surface area contributed by atoms with Crippen LogP contribution in [0.15, 0.2) is 18.2 Å². The van der Waals surface area contributed by atoms with Crippen LogP contribution in [0.2, 0.25) is 0 Å². The molecule has 1 rings (SSSR count). The van der Waals surface area contributed by atoms with Crippen molar-refractivity contribution < 1.29 is 4.79 Å². The Morgan fingerprint density at radius 1 is 1.39 bits per heavy atom. The maximum absolute atomic E-state index is 12.0. The van der Waals surface area contributed by atoms with Gasteiger partial charge in [0, 0.05) is 32.0 Å². The molecule has 4 heteroatoms. The molecule has 0 heterocycles. The summed E-state index contributed by atoms with van der Waals surface area (Å²) in [6.45, 7) is 5.99. The van der Waals surface area contributed by atoms with Gasteiger partial charge in [0.2, 0.25) is 5.91 Å². The first-order valence-electron chi connectivity index (χ1n) is 6.07. The first-order chi connectivity index (χ1) is 8.27. The molecule has 1 amide bonds. The van der Waals surface area contributed by atoms with E-state index in [1.54, 1.807) is 0 Å². The molecule has 0 bridgehead atoms. The molecule has 1 aromatic rings. The second-order valence-corrected chi connectivity index (χ2v) is 5.44. The smallest absolute Gasteiger partial charge is 0.231 e. The first-order valence-corrected chi connectivity index (χ1v) is 6.07. The molecule has 0 aromatic heterocycles. The Morgan fingerprint density at radius 3 is 2.44 bits per heavy atom. The average Bonchev–Trinajstić information content (AvgIpc) is 2.31. The lowest BCUT2D eigenvalue weighted by Gasteiger charge is -2.22. The lowest BCUT2D eigenvalue weighted by Crippen LogP contribution is -2.37. The zero-order chi connectivity index (χ0) is 13.9. The summed E-state index contributed by atoms with van der Waals surface area (Å²) in [5, 5.41) is 2.93. The number of amides is 1. The predicted octanol–water partition coefficient (Wildman–Crippen LogP) is 1.98. The minimum absolute atomic E-state index is 0.0503. The van der Waals surface area contributed by atoms with Crippen LogP contribution in [0.1, 0.15) is 19.4 Å². The second-order valence-electron chi connectivity index (χ2n) is 5.44. The molecule has 18 heavy (non-hydrogen) atoms. The number of carbonyl (C=O) groups excluding carboxylic acids is 1. The third-order valence-electron chi connectivity index (χ3n) is 3.10. The molecule has 0 unspecified atom stereocenters. The fourth-order valence-electron chi connectivity index (χ4n) is 1.45. The maximum atomic E-state index is 12.0. The average molecular weight is 249 g/mol. The van der Waals surface area contributed by atoms with E-state index in [2.05, 4.69) is 5.32 Å². The van der Waals surface area contributed by atoms with E-state index >= 15 is 0 Å². The van der Waals surface area contributed by atoms with Crippen molar-refractivity contribution in [3.05, 3.63) is 23.8 Å². The van der Waals surface area contributed by atoms with Gasteiger partial charge in [-0.05, 0) is 44.5 Å². The van der Waals surface area contributed by atoms with Crippen molar-refractivity contribution in [2.45, 2.75) is 20.8 Å². The molecule has 0 saturated carbocycles. The monoisotopic (exact) mass is 249 g/mol. The largest absolute Gasteiger partial charge is 0.378 e. The summed E-state index contributed by atoms with van der Waals surface area (Å²) in [6.07, 6.45) is 0. The number of nitrogens with one attached hydrogen (secondary N) is 1. The standard InChI is InChI=1S/C14H23N3O/c1-10-8-11(17(4)5)6-7-12(10)16-13(18)14(2,3)9-15/h6-8H,9,15H2,1-5H3,(H,16,18). The Hall–Kier alpha value is -1.55. The van der Waals surface area contributed by atoms with Gasteiger partial charge < -0.3 is 16.0 Å². The summed E-state index contributed by atoms with van der Waals surface area (Å²) in [5.74, 6) is -0.0503. The van der Waals surface area contributed by atoms with E-state index in [1.807, 2.05) is 58.0 Å². The Labute approximate surface area is 109 Å². The van der Waals surface area contributed by atoms with E-state index in [0.717, 1.165) is 16.9 Å². The van der Waals surface area contributed by atoms with Crippen LogP contribution in [0.25, 0.3) is 0 Å². The molecule has 0 aliphatic rings. The summed E-state index contributed by atoms with van der Waals surface area (Å²) < 4.78 is 0. The topological polar surface area (TPSA) is 58.4 Å². The van der Waals surface area contributed by atoms with Gasteiger partial charge in [0.1, 0.15) is 0 Å². The molecule has 0 spiro atoms. The molecule has 3 N–H and O–H groups in total. The van der Waals surface area contributed by atoms with Gasteiger partial charge in [-0.15, -0.1) is 0 Å². The zero-order valence-electron chi connectivity index (χ0n) is 11.9. The normalized spacial score (nSPS) is 11.2. The first kappa shape index (κ1) is 14.5. The Balaban J connectivity index is 2.90. The van der Waals surface area contributed by atoms with Gasteiger partial charge in [-0.25, -0.2) is 0 Å². The van der Waals surface area contributed by atoms with Gasteiger partial charge >= 0.3 is 0 Å². The van der Waals surface area contributed by atoms with Crippen molar-refractivity contribution in [3.8, 4) is 0 Å². The van der Waals surface area contributed by atoms with Gasteiger partial charge in [-0.1, -0.05) is 0 Å². The molecule has 4 nitrogen and oxygen atoms in total. The lowest BCUT2D eigenvalue weighted by atomic mass is 9.92. The molecular weight excluding hydrogens is 226 g/mol. The van der Waals surface area contributed by atoms with Crippen LogP contribution >= 0.6 is 0 Å². The van der Waals surface area contributed by atoms with Crippen LogP contribution < -0.4 is 16.0 Å². The van der Waals surface area contributed by atoms with Gasteiger partial charge in [0.25, 0.3) is 0 Å². The number of hydrogen-bond acceptors (Lipinski definition) is 3. The predicted molar refractivity (Wildman–Crippen MR) is 77.0 cm³/mol. The van der Waals surface area contributed by atoms with E-state index in [4.69, 9.17) is 5.73 Å². The highest BCUT2D eigenvalue weighted by Gasteiger charge is 2.26. The number of nitrogens with zero attached hydrogens (tertiary/aromatic N) is 1. The Morgan fingerprint density at radius 2 is 2.00 bits per heavy atom. The Kier molecular flexibility index (Phi) is 4.35. The molecule has 0 fully saturated rings. The minimum Gasteiger partial charge on any atom is -0.378 e. The van der Waals surface area contributed by atoms with Crippen molar-refractivity contribution >= 4 is 17.3 Å². The van der Waals surface area contributed by atoms with Crippen molar-refractivity contribution in [3.63, 3.8) is 0 Å². The van der Waals surface area contributed by atoms with Gasteiger partial charge in [0.15, 0.2) is 0 Å². The SMILES string of the molecule is Cc1cc(N(C)C)ccc1NC(=O)C(C)(C)CN. The van der Waals surface area contributed by atoms with E-state index < -0.39 is 5.41 Å². The zero-order valence-corrected chi connectivity index (χ0v) is 11.9. The second kappa shape index (κ2) is 5.40. The van der Waals surface area contributed by atoms with Gasteiger partial charge in [-0.2, -0.15) is 0 Å². The molecule has 0 atom stereocenters. The van der Waals surface area contributed by atoms with Gasteiger partial charge in [0.05, 0.1) is 5.41 Å². The number of aryl methyl sites for hydroxylation is 1.